The highest BCUT2D eigenvalue weighted by Crippen LogP contribution is 2.29. The summed E-state index contributed by atoms with van der Waals surface area (Å²) < 4.78 is 0. The maximum atomic E-state index is 5.84. The highest BCUT2D eigenvalue weighted by atomic mass is 35.5. The lowest BCUT2D eigenvalue weighted by atomic mass is 9.83. The molecule has 0 heterocycles. The van der Waals surface area contributed by atoms with Gasteiger partial charge < -0.3 is 0 Å². The lowest BCUT2D eigenvalue weighted by molar-refractivity contribution is 0.482. The van der Waals surface area contributed by atoms with Crippen molar-refractivity contribution in [2.24, 2.45) is 5.41 Å². The molecule has 0 saturated heterocycles. The van der Waals surface area contributed by atoms with Crippen molar-refractivity contribution in [2.45, 2.75) is 67.2 Å². The van der Waals surface area contributed by atoms with E-state index in [4.69, 9.17) is 11.6 Å². The second kappa shape index (κ2) is 9.42. The van der Waals surface area contributed by atoms with Crippen LogP contribution >= 0.6 is 11.6 Å². The van der Waals surface area contributed by atoms with Gasteiger partial charge in [0.25, 0.3) is 0 Å². The van der Waals surface area contributed by atoms with Gasteiger partial charge in [0.1, 0.15) is 0 Å². The maximum Gasteiger partial charge on any atom is 0.0406 e. The minimum Gasteiger partial charge on any atom is -0.122 e. The van der Waals surface area contributed by atoms with Crippen LogP contribution in [0.4, 0.5) is 0 Å². The normalized spacial score (nSPS) is 13.6. The molecule has 0 radical (unpaired) electrons. The maximum absolute atomic E-state index is 5.84. The fourth-order valence-electron chi connectivity index (χ4n) is 2.04. The van der Waals surface area contributed by atoms with Gasteiger partial charge in [-0.05, 0) is 51.9 Å². The molecule has 0 aromatic heterocycles. The predicted octanol–water partition coefficient (Wildman–Crippen LogP) is 6.67. The Morgan fingerprint density at radius 3 is 1.95 bits per heavy atom. The quantitative estimate of drug-likeness (QED) is 0.361. The third kappa shape index (κ3) is 10.0. The van der Waals surface area contributed by atoms with Crippen molar-refractivity contribution in [3.63, 3.8) is 0 Å². The van der Waals surface area contributed by atoms with Crippen LogP contribution in [0.2, 0.25) is 0 Å². The van der Waals surface area contributed by atoms with Crippen LogP contribution in [0.5, 0.6) is 0 Å². The summed E-state index contributed by atoms with van der Waals surface area (Å²) in [5.74, 6) is 0.621. The zero-order valence-electron chi connectivity index (χ0n) is 13.6. The minimum atomic E-state index is 0.235. The number of rotatable bonds is 7. The van der Waals surface area contributed by atoms with Crippen LogP contribution in [-0.2, 0) is 0 Å². The summed E-state index contributed by atoms with van der Waals surface area (Å²) in [6.07, 6.45) is 11.5. The summed E-state index contributed by atoms with van der Waals surface area (Å²) >= 11 is 5.84. The summed E-state index contributed by atoms with van der Waals surface area (Å²) in [5.41, 5.74) is 4.61. The van der Waals surface area contributed by atoms with Crippen molar-refractivity contribution in [1.82, 2.24) is 0 Å². The molecule has 110 valence electrons. The van der Waals surface area contributed by atoms with E-state index in [0.29, 0.717) is 5.88 Å². The number of hydrogen-bond donors (Lipinski definition) is 0. The number of alkyl halides is 1. The van der Waals surface area contributed by atoms with E-state index in [1.807, 2.05) is 0 Å². The number of hydrogen-bond acceptors (Lipinski definition) is 0. The molecule has 0 saturated carbocycles. The topological polar surface area (TPSA) is 0 Å². The van der Waals surface area contributed by atoms with Crippen molar-refractivity contribution >= 4 is 11.6 Å². The van der Waals surface area contributed by atoms with Crippen molar-refractivity contribution < 1.29 is 0 Å². The van der Waals surface area contributed by atoms with Crippen LogP contribution in [-0.4, -0.2) is 5.88 Å². The molecule has 0 unspecified atom stereocenters. The standard InChI is InChI=1S/C18H31Cl/c1-15(2)9-7-10-16(3)11-8-12-17(13-14-19)18(4,5)6/h9,11,13H,7-8,10,12,14H2,1-6H3/b16-11+,17-13-. The molecule has 0 nitrogen and oxygen atoms in total. The van der Waals surface area contributed by atoms with Gasteiger partial charge in [0, 0.05) is 5.88 Å². The van der Waals surface area contributed by atoms with E-state index >= 15 is 0 Å². The zero-order valence-corrected chi connectivity index (χ0v) is 14.4. The molecule has 0 spiro atoms. The summed E-state index contributed by atoms with van der Waals surface area (Å²) in [4.78, 5) is 0. The Bertz CT molecular complexity index is 333. The van der Waals surface area contributed by atoms with Gasteiger partial charge in [-0.25, -0.2) is 0 Å². The van der Waals surface area contributed by atoms with Crippen LogP contribution in [0.1, 0.15) is 67.2 Å². The molecular weight excluding hydrogens is 252 g/mol. The average Bonchev–Trinajstić information content (AvgIpc) is 2.26. The minimum absolute atomic E-state index is 0.235. The SMILES string of the molecule is CC(C)=CCC/C(C)=C/CC/C(=C/CCl)C(C)(C)C. The van der Waals surface area contributed by atoms with E-state index in [-0.39, 0.29) is 5.41 Å². The summed E-state index contributed by atoms with van der Waals surface area (Å²) in [6, 6.07) is 0. The van der Waals surface area contributed by atoms with Gasteiger partial charge in [0.15, 0.2) is 0 Å². The molecular formula is C18H31Cl. The molecule has 0 bridgehead atoms. The Morgan fingerprint density at radius 2 is 1.47 bits per heavy atom. The molecule has 1 heteroatoms. The van der Waals surface area contributed by atoms with Gasteiger partial charge in [-0.1, -0.05) is 55.7 Å². The second-order valence-electron chi connectivity index (χ2n) is 6.54. The molecule has 0 aromatic carbocycles. The van der Waals surface area contributed by atoms with Crippen LogP contribution in [0.3, 0.4) is 0 Å². The van der Waals surface area contributed by atoms with Crippen molar-refractivity contribution in [1.29, 1.82) is 0 Å². The van der Waals surface area contributed by atoms with Crippen molar-refractivity contribution in [3.8, 4) is 0 Å². The highest BCUT2D eigenvalue weighted by molar-refractivity contribution is 6.18. The molecule has 0 aliphatic rings. The molecule has 0 fully saturated rings. The lowest BCUT2D eigenvalue weighted by Crippen LogP contribution is -2.09. The zero-order chi connectivity index (χ0) is 14.9. The molecule has 0 N–H and O–H groups in total. The molecule has 0 amide bonds. The van der Waals surface area contributed by atoms with Crippen LogP contribution in [0.25, 0.3) is 0 Å². The average molecular weight is 283 g/mol. The third-order valence-electron chi connectivity index (χ3n) is 3.28. The Labute approximate surface area is 125 Å². The van der Waals surface area contributed by atoms with Crippen LogP contribution < -0.4 is 0 Å². The number of allylic oxidation sites excluding steroid dienone is 6. The molecule has 0 aliphatic carbocycles. The Kier molecular flexibility index (Phi) is 9.18. The monoisotopic (exact) mass is 282 g/mol. The van der Waals surface area contributed by atoms with E-state index in [1.54, 1.807) is 0 Å². The van der Waals surface area contributed by atoms with E-state index in [1.165, 1.54) is 23.1 Å². The second-order valence-corrected chi connectivity index (χ2v) is 6.85. The first-order valence-corrected chi connectivity index (χ1v) is 7.85. The third-order valence-corrected chi connectivity index (χ3v) is 3.44. The lowest BCUT2D eigenvalue weighted by Gasteiger charge is -2.22. The van der Waals surface area contributed by atoms with E-state index in [0.717, 1.165) is 19.3 Å². The smallest absolute Gasteiger partial charge is 0.0406 e. The van der Waals surface area contributed by atoms with Gasteiger partial charge in [-0.2, -0.15) is 0 Å². The van der Waals surface area contributed by atoms with E-state index in [9.17, 15) is 0 Å². The van der Waals surface area contributed by atoms with E-state index in [2.05, 4.69) is 59.8 Å². The first-order chi connectivity index (χ1) is 8.77. The van der Waals surface area contributed by atoms with Crippen LogP contribution in [0, 0.1) is 5.41 Å². The summed E-state index contributed by atoms with van der Waals surface area (Å²) in [7, 11) is 0. The van der Waals surface area contributed by atoms with Gasteiger partial charge in [0.2, 0.25) is 0 Å². The largest absolute Gasteiger partial charge is 0.122 e. The highest BCUT2D eigenvalue weighted by Gasteiger charge is 2.15. The van der Waals surface area contributed by atoms with Gasteiger partial charge in [0.05, 0.1) is 0 Å². The molecule has 0 rings (SSSR count). The Balaban J connectivity index is 4.25. The Morgan fingerprint density at radius 1 is 0.895 bits per heavy atom. The van der Waals surface area contributed by atoms with Crippen molar-refractivity contribution in [3.05, 3.63) is 34.9 Å². The first-order valence-electron chi connectivity index (χ1n) is 7.32. The molecule has 0 aromatic rings. The summed E-state index contributed by atoms with van der Waals surface area (Å²) in [6.45, 7) is 13.3. The predicted molar refractivity (Wildman–Crippen MR) is 89.9 cm³/mol. The van der Waals surface area contributed by atoms with Crippen LogP contribution in [0.15, 0.2) is 34.9 Å². The van der Waals surface area contributed by atoms with Gasteiger partial charge in [-0.15, -0.1) is 11.6 Å². The van der Waals surface area contributed by atoms with E-state index < -0.39 is 0 Å². The molecule has 0 aliphatic heterocycles. The van der Waals surface area contributed by atoms with Gasteiger partial charge >= 0.3 is 0 Å². The fourth-order valence-corrected chi connectivity index (χ4v) is 2.23. The van der Waals surface area contributed by atoms with Crippen molar-refractivity contribution in [2.75, 3.05) is 5.88 Å². The molecule has 0 atom stereocenters. The fraction of sp³-hybridized carbons (Fsp3) is 0.667. The number of halogens is 1. The van der Waals surface area contributed by atoms with Gasteiger partial charge in [-0.3, -0.25) is 0 Å². The molecule has 19 heavy (non-hydrogen) atoms. The first kappa shape index (κ1) is 18.5. The summed E-state index contributed by atoms with van der Waals surface area (Å²) in [5, 5.41) is 0. The Hall–Kier alpha value is -0.490.